The summed E-state index contributed by atoms with van der Waals surface area (Å²) in [7, 11) is -4.64. The van der Waals surface area contributed by atoms with E-state index in [4.69, 9.17) is 23.2 Å². The van der Waals surface area contributed by atoms with Gasteiger partial charge < -0.3 is 33.2 Å². The molecule has 0 aliphatic carbocycles. The van der Waals surface area contributed by atoms with Crippen molar-refractivity contribution in [1.29, 1.82) is 0 Å². The van der Waals surface area contributed by atoms with Gasteiger partial charge in [0.15, 0.2) is 22.5 Å². The van der Waals surface area contributed by atoms with Gasteiger partial charge in [0.25, 0.3) is 13.4 Å². The molecule has 0 radical (unpaired) electrons. The van der Waals surface area contributed by atoms with Gasteiger partial charge in [-0.3, -0.25) is 13.9 Å². The Labute approximate surface area is 250 Å². The van der Waals surface area contributed by atoms with Crippen molar-refractivity contribution in [2.45, 2.75) is 41.5 Å². The molecule has 0 spiro atoms. The van der Waals surface area contributed by atoms with E-state index >= 15 is 0 Å². The predicted molar refractivity (Wildman–Crippen MR) is 154 cm³/mol. The Kier molecular flexibility index (Phi) is 6.22. The molecule has 2 fully saturated rings. The fraction of sp³-hybridized carbons (Fsp3) is 0.214. The van der Waals surface area contributed by atoms with Crippen molar-refractivity contribution in [1.82, 2.24) is 23.9 Å². The smallest absolute Gasteiger partial charge is 0.336 e. The van der Waals surface area contributed by atoms with Crippen molar-refractivity contribution in [2.24, 2.45) is 0 Å². The number of benzene rings is 2. The first kappa shape index (κ1) is 27.5. The molecule has 0 amide bonds. The van der Waals surface area contributed by atoms with Crippen LogP contribution in [0, 0.1) is 6.92 Å². The number of nitrogens with one attached hydrogen (secondary N) is 1. The highest BCUT2D eigenvalue weighted by atomic mass is 32.2. The molecule has 2 N–H and O–H groups in total. The molecule has 8 rings (SSSR count). The maximum absolute atomic E-state index is 13.8. The molecule has 6 aromatic rings. The average Bonchev–Trinajstić information content (AvgIpc) is 3.67. The number of imidazole rings is 2. The third kappa shape index (κ3) is 4.44. The molecule has 4 aromatic heterocycles. The minimum absolute atomic E-state index is 0.0101. The molecule has 2 aliphatic rings. The number of fused-ring (bicyclic) bond motifs is 4. The first-order valence-corrected chi connectivity index (χ1v) is 15.7. The lowest BCUT2D eigenvalue weighted by molar-refractivity contribution is -0.245. The fourth-order valence-electron chi connectivity index (χ4n) is 5.59. The molecule has 2 aliphatic heterocycles. The number of aromatic nitrogens is 5. The lowest BCUT2D eigenvalue weighted by Gasteiger charge is -2.34. The van der Waals surface area contributed by atoms with Crippen molar-refractivity contribution >= 4 is 47.5 Å². The van der Waals surface area contributed by atoms with E-state index in [2.05, 4.69) is 9.97 Å². The summed E-state index contributed by atoms with van der Waals surface area (Å²) in [5.41, 5.74) is 1.72. The summed E-state index contributed by atoms with van der Waals surface area (Å²) in [5, 5.41) is 12.2. The Morgan fingerprint density at radius 1 is 1.14 bits per heavy atom. The zero-order valence-electron chi connectivity index (χ0n) is 22.6. The normalized spacial score (nSPS) is 25.2. The molecular weight excluding hydrogens is 613 g/mol. The van der Waals surface area contributed by atoms with Gasteiger partial charge in [0.05, 0.1) is 12.3 Å². The van der Waals surface area contributed by atoms with Crippen LogP contribution in [-0.4, -0.2) is 53.9 Å². The van der Waals surface area contributed by atoms with Crippen LogP contribution in [0.4, 0.5) is 0 Å². The Hall–Kier alpha value is -4.08. The number of aliphatic hydroxyl groups is 1. The molecule has 2 aromatic carbocycles. The zero-order valence-corrected chi connectivity index (χ0v) is 24.4. The van der Waals surface area contributed by atoms with Crippen LogP contribution in [-0.2, 0) is 18.3 Å². The van der Waals surface area contributed by atoms with Crippen LogP contribution in [0.2, 0.25) is 0 Å². The molecule has 224 valence electrons. The number of nitrogens with zero attached hydrogens (tertiary/aromatic N) is 4. The van der Waals surface area contributed by atoms with Gasteiger partial charge in [-0.05, 0) is 36.2 Å². The Bertz CT molecular complexity index is 2280. The van der Waals surface area contributed by atoms with Gasteiger partial charge in [0.1, 0.15) is 23.9 Å². The number of rotatable bonds is 4. The van der Waals surface area contributed by atoms with E-state index in [9.17, 15) is 24.2 Å². The molecule has 44 heavy (non-hydrogen) atoms. The van der Waals surface area contributed by atoms with Gasteiger partial charge in [-0.15, -0.1) is 0 Å². The highest BCUT2D eigenvalue weighted by Crippen LogP contribution is 2.50. The monoisotopic (exact) mass is 634 g/mol. The number of aliphatic hydroxyl groups excluding tert-OH is 1. The number of aromatic amines is 1. The minimum Gasteiger partial charge on any atom is -0.756 e. The summed E-state index contributed by atoms with van der Waals surface area (Å²) in [5.74, 6) is 0.218. The summed E-state index contributed by atoms with van der Waals surface area (Å²) in [6.07, 6.45) is -3.25. The SMILES string of the molecule is Cc1cc(=O)oc2cc(Sc3nc4c(=O)n5cc(-c6ccccc6)[nH]c5nc4n3[C@@H]3OC4COP(=O)([O-])O[C@H]4C3O)ccc12. The van der Waals surface area contributed by atoms with Crippen molar-refractivity contribution < 1.29 is 32.8 Å². The second-order valence-corrected chi connectivity index (χ2v) is 12.9. The van der Waals surface area contributed by atoms with E-state index in [0.29, 0.717) is 16.2 Å². The maximum atomic E-state index is 13.8. The number of ether oxygens (including phenoxy) is 1. The predicted octanol–water partition coefficient (Wildman–Crippen LogP) is 2.75. The topological polar surface area (TPSA) is 186 Å². The van der Waals surface area contributed by atoms with Gasteiger partial charge in [0, 0.05) is 22.5 Å². The number of phosphoric ester groups is 1. The van der Waals surface area contributed by atoms with Crippen LogP contribution in [0.25, 0.3) is 39.2 Å². The van der Waals surface area contributed by atoms with Crippen molar-refractivity contribution in [3.63, 3.8) is 0 Å². The number of hydrogen-bond donors (Lipinski definition) is 2. The standard InChI is InChI=1S/C28H22N5O9PS/c1-13-9-20(34)40-18-10-15(7-8-16(13)18)44-28-30-21-24(33(28)26-22(35)23-19(41-26)12-39-43(37,38)42-23)31-27-29-17(11-32(27)25(21)36)14-5-3-2-4-6-14/h2-11,19,22-23,26,35H,12H2,1H3,(H,29,31)(H,37,38)/p-1/t19?,22?,23-,26-/m1/s1. The number of H-pyrrole nitrogens is 1. The summed E-state index contributed by atoms with van der Waals surface area (Å²) in [4.78, 5) is 50.9. The Morgan fingerprint density at radius 2 is 1.95 bits per heavy atom. The lowest BCUT2D eigenvalue weighted by Crippen LogP contribution is -2.41. The van der Waals surface area contributed by atoms with Crippen LogP contribution in [0.15, 0.2) is 84.9 Å². The Morgan fingerprint density at radius 3 is 2.77 bits per heavy atom. The molecule has 0 saturated carbocycles. The van der Waals surface area contributed by atoms with E-state index in [-0.39, 0.29) is 28.7 Å². The van der Waals surface area contributed by atoms with Crippen molar-refractivity contribution in [2.75, 3.05) is 6.61 Å². The highest BCUT2D eigenvalue weighted by Gasteiger charge is 2.51. The summed E-state index contributed by atoms with van der Waals surface area (Å²) < 4.78 is 36.1. The summed E-state index contributed by atoms with van der Waals surface area (Å²) in [6.45, 7) is 1.45. The van der Waals surface area contributed by atoms with Gasteiger partial charge in [0.2, 0.25) is 5.78 Å². The van der Waals surface area contributed by atoms with Crippen LogP contribution in [0.5, 0.6) is 0 Å². The maximum Gasteiger partial charge on any atom is 0.336 e. The first-order valence-electron chi connectivity index (χ1n) is 13.4. The largest absolute Gasteiger partial charge is 0.756 e. The average molecular weight is 635 g/mol. The van der Waals surface area contributed by atoms with Gasteiger partial charge in [-0.2, -0.15) is 4.98 Å². The van der Waals surface area contributed by atoms with Crippen molar-refractivity contribution in [3.05, 3.63) is 87.1 Å². The lowest BCUT2D eigenvalue weighted by atomic mass is 10.1. The minimum atomic E-state index is -4.64. The molecule has 16 heteroatoms. The van der Waals surface area contributed by atoms with E-state index in [1.54, 1.807) is 31.3 Å². The molecule has 14 nitrogen and oxygen atoms in total. The van der Waals surface area contributed by atoms with Gasteiger partial charge >= 0.3 is 5.63 Å². The molecule has 3 unspecified atom stereocenters. The number of phosphoric acid groups is 1. The van der Waals surface area contributed by atoms with E-state index < -0.39 is 43.5 Å². The highest BCUT2D eigenvalue weighted by molar-refractivity contribution is 7.99. The first-order chi connectivity index (χ1) is 21.1. The molecule has 0 bridgehead atoms. The van der Waals surface area contributed by atoms with E-state index in [0.717, 1.165) is 28.3 Å². The second kappa shape index (κ2) is 9.97. The molecular formula is C28H21N5O9PS-. The Balaban J connectivity index is 1.30. The number of hydrogen-bond acceptors (Lipinski definition) is 12. The molecule has 2 saturated heterocycles. The third-order valence-corrected chi connectivity index (χ3v) is 9.58. The van der Waals surface area contributed by atoms with Crippen LogP contribution in [0.3, 0.4) is 0 Å². The van der Waals surface area contributed by atoms with Crippen LogP contribution < -0.4 is 16.1 Å². The van der Waals surface area contributed by atoms with Crippen LogP contribution >= 0.6 is 19.6 Å². The summed E-state index contributed by atoms with van der Waals surface area (Å²) in [6, 6.07) is 16.1. The zero-order chi connectivity index (χ0) is 30.3. The van der Waals surface area contributed by atoms with E-state index in [1.807, 2.05) is 30.3 Å². The third-order valence-electron chi connectivity index (χ3n) is 7.65. The molecule has 5 atom stereocenters. The van der Waals surface area contributed by atoms with Crippen molar-refractivity contribution in [3.8, 4) is 11.3 Å². The quantitative estimate of drug-likeness (QED) is 0.214. The van der Waals surface area contributed by atoms with Crippen LogP contribution in [0.1, 0.15) is 11.8 Å². The van der Waals surface area contributed by atoms with Gasteiger partial charge in [-0.25, -0.2) is 14.2 Å². The molecule has 6 heterocycles. The second-order valence-electron chi connectivity index (χ2n) is 10.5. The fourth-order valence-corrected chi connectivity index (χ4v) is 7.48. The van der Waals surface area contributed by atoms with Gasteiger partial charge in [-0.1, -0.05) is 42.1 Å². The summed E-state index contributed by atoms with van der Waals surface area (Å²) >= 11 is 1.12. The number of aryl methyl sites for hydroxylation is 1. The van der Waals surface area contributed by atoms with E-state index in [1.165, 1.54) is 15.0 Å².